The number of halogens is 1. The Morgan fingerprint density at radius 2 is 2.00 bits per heavy atom. The topological polar surface area (TPSA) is 42.0 Å². The zero-order valence-electron chi connectivity index (χ0n) is 16.5. The van der Waals surface area contributed by atoms with E-state index in [9.17, 15) is 0 Å². The zero-order valence-corrected chi connectivity index (χ0v) is 17.3. The van der Waals surface area contributed by atoms with Crippen molar-refractivity contribution in [2.24, 2.45) is 9.98 Å². The number of rotatable bonds is 8. The summed E-state index contributed by atoms with van der Waals surface area (Å²) in [5.74, 6) is 0. The molecule has 26 heavy (non-hydrogen) atoms. The van der Waals surface area contributed by atoms with Gasteiger partial charge in [-0.25, -0.2) is 4.98 Å². The van der Waals surface area contributed by atoms with Gasteiger partial charge in [-0.2, -0.15) is 0 Å². The molecule has 0 N–H and O–H groups in total. The van der Waals surface area contributed by atoms with Crippen molar-refractivity contribution in [2.75, 3.05) is 13.1 Å². The van der Waals surface area contributed by atoms with Gasteiger partial charge < -0.3 is 0 Å². The van der Waals surface area contributed by atoms with Crippen LogP contribution in [0.2, 0.25) is 5.02 Å². The van der Waals surface area contributed by atoms with Gasteiger partial charge in [-0.3, -0.25) is 14.4 Å². The van der Waals surface area contributed by atoms with Gasteiger partial charge in [-0.15, -0.1) is 0 Å². The molecule has 0 aliphatic heterocycles. The van der Waals surface area contributed by atoms with Crippen LogP contribution in [-0.2, 0) is 6.42 Å². The van der Waals surface area contributed by atoms with Gasteiger partial charge in [-0.05, 0) is 39.7 Å². The first-order chi connectivity index (χ1) is 12.5. The molecule has 0 aliphatic carbocycles. The van der Waals surface area contributed by atoms with E-state index in [4.69, 9.17) is 21.6 Å². The highest BCUT2D eigenvalue weighted by molar-refractivity contribution is 6.30. The lowest BCUT2D eigenvalue weighted by Gasteiger charge is -2.05. The molecule has 0 saturated heterocycles. The summed E-state index contributed by atoms with van der Waals surface area (Å²) in [6.07, 6.45) is 7.04. The van der Waals surface area contributed by atoms with E-state index in [2.05, 4.69) is 50.1 Å². The Morgan fingerprint density at radius 1 is 1.23 bits per heavy atom. The molecule has 0 radical (unpaired) electrons. The minimum Gasteiger partial charge on any atom is -0.298 e. The number of hydrogen-bond acceptors (Lipinski definition) is 3. The summed E-state index contributed by atoms with van der Waals surface area (Å²) in [5.41, 5.74) is 6.43. The molecule has 0 aliphatic rings. The molecule has 2 rings (SSSR count). The predicted octanol–water partition coefficient (Wildman–Crippen LogP) is 5.57. The highest BCUT2D eigenvalue weighted by Crippen LogP contribution is 2.18. The molecule has 0 aromatic carbocycles. The van der Waals surface area contributed by atoms with Gasteiger partial charge in [0.05, 0.1) is 23.6 Å². The largest absolute Gasteiger partial charge is 0.298 e. The Bertz CT molecular complexity index is 843. The first-order valence-corrected chi connectivity index (χ1v) is 9.67. The smallest absolute Gasteiger partial charge is 0.139 e. The second-order valence-corrected chi connectivity index (χ2v) is 7.04. The SMILES string of the molecule is CCCN=C(C)C/C=C(\C)CN=C(C)c1c(CC)nc2cc(Cl)ccn12. The third kappa shape index (κ3) is 5.28. The number of nitrogens with zero attached hydrogens (tertiary/aromatic N) is 4. The van der Waals surface area contributed by atoms with Crippen LogP contribution in [0.3, 0.4) is 0 Å². The van der Waals surface area contributed by atoms with Gasteiger partial charge in [0, 0.05) is 36.0 Å². The number of aryl methyl sites for hydroxylation is 1. The summed E-state index contributed by atoms with van der Waals surface area (Å²) in [6, 6.07) is 3.77. The highest BCUT2D eigenvalue weighted by atomic mass is 35.5. The van der Waals surface area contributed by atoms with Gasteiger partial charge in [0.15, 0.2) is 0 Å². The normalized spacial score (nSPS) is 13.7. The fraction of sp³-hybridized carbons (Fsp3) is 0.476. The summed E-state index contributed by atoms with van der Waals surface area (Å²) < 4.78 is 2.07. The van der Waals surface area contributed by atoms with E-state index in [-0.39, 0.29) is 0 Å². The van der Waals surface area contributed by atoms with E-state index < -0.39 is 0 Å². The Morgan fingerprint density at radius 3 is 2.69 bits per heavy atom. The molecule has 2 aromatic heterocycles. The molecule has 5 heteroatoms. The third-order valence-electron chi connectivity index (χ3n) is 4.25. The molecular formula is C21H29ClN4. The van der Waals surface area contributed by atoms with E-state index in [1.54, 1.807) is 0 Å². The van der Waals surface area contributed by atoms with E-state index in [0.29, 0.717) is 11.6 Å². The van der Waals surface area contributed by atoms with Crippen molar-refractivity contribution >= 4 is 28.7 Å². The fourth-order valence-corrected chi connectivity index (χ4v) is 2.92. The van der Waals surface area contributed by atoms with Crippen LogP contribution >= 0.6 is 11.6 Å². The van der Waals surface area contributed by atoms with Crippen molar-refractivity contribution in [3.8, 4) is 0 Å². The summed E-state index contributed by atoms with van der Waals surface area (Å²) in [7, 11) is 0. The second-order valence-electron chi connectivity index (χ2n) is 6.61. The zero-order chi connectivity index (χ0) is 19.1. The van der Waals surface area contributed by atoms with Crippen LogP contribution < -0.4 is 0 Å². The summed E-state index contributed by atoms with van der Waals surface area (Å²) in [4.78, 5) is 14.0. The first-order valence-electron chi connectivity index (χ1n) is 9.29. The van der Waals surface area contributed by atoms with Crippen molar-refractivity contribution in [1.82, 2.24) is 9.38 Å². The standard InChI is InChI=1S/C21H29ClN4/c1-6-11-23-16(4)9-8-15(3)14-24-17(5)21-19(7-2)25-20-13-18(22)10-12-26(20)21/h8,10,12-13H,6-7,9,11,14H2,1-5H3/b15-8+,23-16?,24-17?. The fourth-order valence-electron chi connectivity index (χ4n) is 2.77. The maximum atomic E-state index is 6.10. The van der Waals surface area contributed by atoms with E-state index in [0.717, 1.165) is 48.6 Å². The Hall–Kier alpha value is -1.94. The molecular weight excluding hydrogens is 344 g/mol. The molecule has 0 unspecified atom stereocenters. The van der Waals surface area contributed by atoms with Crippen LogP contribution in [0.4, 0.5) is 0 Å². The number of pyridine rings is 1. The molecule has 0 atom stereocenters. The molecule has 0 fully saturated rings. The van der Waals surface area contributed by atoms with Gasteiger partial charge in [0.2, 0.25) is 0 Å². The van der Waals surface area contributed by atoms with Crippen molar-refractivity contribution < 1.29 is 0 Å². The molecule has 2 heterocycles. The van der Waals surface area contributed by atoms with Crippen molar-refractivity contribution in [3.05, 3.63) is 46.4 Å². The maximum absolute atomic E-state index is 6.10. The number of aromatic nitrogens is 2. The third-order valence-corrected chi connectivity index (χ3v) is 4.49. The minimum atomic E-state index is 0.691. The van der Waals surface area contributed by atoms with E-state index >= 15 is 0 Å². The number of imidazole rings is 1. The number of allylic oxidation sites excluding steroid dienone is 1. The molecule has 0 amide bonds. The van der Waals surface area contributed by atoms with Crippen LogP contribution in [0.25, 0.3) is 5.65 Å². The van der Waals surface area contributed by atoms with Crippen LogP contribution in [0.1, 0.15) is 58.8 Å². The number of fused-ring (bicyclic) bond motifs is 1. The maximum Gasteiger partial charge on any atom is 0.139 e. The molecule has 0 saturated carbocycles. The van der Waals surface area contributed by atoms with Gasteiger partial charge in [0.1, 0.15) is 5.65 Å². The van der Waals surface area contributed by atoms with Crippen LogP contribution in [0.15, 0.2) is 40.0 Å². The lowest BCUT2D eigenvalue weighted by atomic mass is 10.2. The number of hydrogen-bond donors (Lipinski definition) is 0. The number of aliphatic imine (C=N–C) groups is 2. The molecule has 140 valence electrons. The minimum absolute atomic E-state index is 0.691. The Balaban J connectivity index is 2.18. The molecule has 0 spiro atoms. The monoisotopic (exact) mass is 372 g/mol. The highest BCUT2D eigenvalue weighted by Gasteiger charge is 2.13. The van der Waals surface area contributed by atoms with Gasteiger partial charge >= 0.3 is 0 Å². The van der Waals surface area contributed by atoms with Crippen molar-refractivity contribution in [3.63, 3.8) is 0 Å². The average Bonchev–Trinajstić information content (AvgIpc) is 3.00. The summed E-state index contributed by atoms with van der Waals surface area (Å²) >= 11 is 6.10. The average molecular weight is 373 g/mol. The first kappa shape index (κ1) is 20.4. The van der Waals surface area contributed by atoms with Gasteiger partial charge in [0.25, 0.3) is 0 Å². The molecule has 2 aromatic rings. The second kappa shape index (κ2) is 9.67. The summed E-state index contributed by atoms with van der Waals surface area (Å²) in [6.45, 7) is 12.1. The van der Waals surface area contributed by atoms with Gasteiger partial charge in [-0.1, -0.05) is 37.1 Å². The van der Waals surface area contributed by atoms with Crippen LogP contribution in [-0.4, -0.2) is 33.9 Å². The van der Waals surface area contributed by atoms with Crippen molar-refractivity contribution in [2.45, 2.75) is 53.9 Å². The quantitative estimate of drug-likeness (QED) is 0.441. The van der Waals surface area contributed by atoms with Crippen LogP contribution in [0.5, 0.6) is 0 Å². The molecule has 0 bridgehead atoms. The van der Waals surface area contributed by atoms with E-state index in [1.807, 2.05) is 18.3 Å². The lowest BCUT2D eigenvalue weighted by molar-refractivity contribution is 0.927. The predicted molar refractivity (Wildman–Crippen MR) is 113 cm³/mol. The summed E-state index contributed by atoms with van der Waals surface area (Å²) in [5, 5.41) is 0.699. The molecule has 4 nitrogen and oxygen atoms in total. The Kier molecular flexibility index (Phi) is 7.58. The Labute approximate surface area is 161 Å². The lowest BCUT2D eigenvalue weighted by Crippen LogP contribution is -2.05. The van der Waals surface area contributed by atoms with Crippen LogP contribution in [0, 0.1) is 0 Å². The van der Waals surface area contributed by atoms with E-state index in [1.165, 1.54) is 11.3 Å². The van der Waals surface area contributed by atoms with Crippen molar-refractivity contribution in [1.29, 1.82) is 0 Å².